The Balaban J connectivity index is 0.00000144. The molecule has 0 N–H and O–H groups in total. The van der Waals surface area contributed by atoms with Crippen LogP contribution in [0.5, 0.6) is 0 Å². The van der Waals surface area contributed by atoms with Crippen LogP contribution in [0.15, 0.2) is 0 Å². The summed E-state index contributed by atoms with van der Waals surface area (Å²) in [5, 5.41) is 0. The first-order chi connectivity index (χ1) is 5.83. The van der Waals surface area contributed by atoms with Crippen molar-refractivity contribution in [2.45, 2.75) is 58.0 Å². The maximum absolute atomic E-state index is 11.1. The summed E-state index contributed by atoms with van der Waals surface area (Å²) in [7, 11) is 0. The molecule has 0 aromatic heterocycles. The SMILES string of the molecule is CCCC(=O)OC1CCCCC1.[Cu]. The van der Waals surface area contributed by atoms with Crippen molar-refractivity contribution in [2.75, 3.05) is 0 Å². The minimum absolute atomic E-state index is 0. The second-order valence-electron chi connectivity index (χ2n) is 3.50. The van der Waals surface area contributed by atoms with Crippen LogP contribution in [0.3, 0.4) is 0 Å². The average Bonchev–Trinajstić information content (AvgIpc) is 2.06. The van der Waals surface area contributed by atoms with E-state index in [1.54, 1.807) is 0 Å². The molecule has 2 nitrogen and oxygen atoms in total. The van der Waals surface area contributed by atoms with E-state index in [1.165, 1.54) is 19.3 Å². The Morgan fingerprint density at radius 2 is 1.92 bits per heavy atom. The topological polar surface area (TPSA) is 26.3 Å². The Labute approximate surface area is 90.9 Å². The third-order valence-electron chi connectivity index (χ3n) is 2.30. The predicted octanol–water partition coefficient (Wildman–Crippen LogP) is 2.66. The first-order valence-electron chi connectivity index (χ1n) is 5.02. The summed E-state index contributed by atoms with van der Waals surface area (Å²) in [6, 6.07) is 0. The van der Waals surface area contributed by atoms with E-state index in [1.807, 2.05) is 6.92 Å². The number of rotatable bonds is 3. The molecule has 0 unspecified atom stereocenters. The molecule has 0 bridgehead atoms. The van der Waals surface area contributed by atoms with Crippen LogP contribution in [0.2, 0.25) is 0 Å². The maximum Gasteiger partial charge on any atom is 0.306 e. The van der Waals surface area contributed by atoms with Crippen molar-refractivity contribution >= 4 is 5.97 Å². The van der Waals surface area contributed by atoms with Gasteiger partial charge < -0.3 is 4.74 Å². The number of esters is 1. The quantitative estimate of drug-likeness (QED) is 0.554. The van der Waals surface area contributed by atoms with Crippen molar-refractivity contribution in [1.29, 1.82) is 0 Å². The summed E-state index contributed by atoms with van der Waals surface area (Å²) >= 11 is 0. The number of carbonyl (C=O) groups excluding carboxylic acids is 1. The summed E-state index contributed by atoms with van der Waals surface area (Å²) in [4.78, 5) is 11.1. The van der Waals surface area contributed by atoms with Gasteiger partial charge in [0.25, 0.3) is 0 Å². The first kappa shape index (κ1) is 13.0. The molecule has 1 aliphatic carbocycles. The van der Waals surface area contributed by atoms with Crippen molar-refractivity contribution in [2.24, 2.45) is 0 Å². The van der Waals surface area contributed by atoms with Crippen LogP contribution < -0.4 is 0 Å². The van der Waals surface area contributed by atoms with E-state index < -0.39 is 0 Å². The van der Waals surface area contributed by atoms with Crippen molar-refractivity contribution in [3.05, 3.63) is 0 Å². The third kappa shape index (κ3) is 5.32. The van der Waals surface area contributed by atoms with E-state index in [4.69, 9.17) is 4.74 Å². The normalized spacial score (nSPS) is 17.6. The van der Waals surface area contributed by atoms with Gasteiger partial charge in [-0.1, -0.05) is 13.3 Å². The largest absolute Gasteiger partial charge is 0.462 e. The van der Waals surface area contributed by atoms with Gasteiger partial charge in [-0.15, -0.1) is 0 Å². The van der Waals surface area contributed by atoms with Gasteiger partial charge in [0.15, 0.2) is 0 Å². The monoisotopic (exact) mass is 233 g/mol. The number of carbonyl (C=O) groups is 1. The second-order valence-corrected chi connectivity index (χ2v) is 3.50. The Hall–Kier alpha value is -0.0105. The van der Waals surface area contributed by atoms with Crippen molar-refractivity contribution < 1.29 is 26.6 Å². The molecular formula is C10H18CuO2. The molecule has 1 aliphatic rings. The number of ether oxygens (including phenoxy) is 1. The molecule has 0 aromatic carbocycles. The van der Waals surface area contributed by atoms with Crippen molar-refractivity contribution in [3.63, 3.8) is 0 Å². The minimum atomic E-state index is -0.00981. The molecule has 3 heteroatoms. The fraction of sp³-hybridized carbons (Fsp3) is 0.900. The Bertz CT molecular complexity index is 142. The molecule has 13 heavy (non-hydrogen) atoms. The van der Waals surface area contributed by atoms with E-state index in [2.05, 4.69) is 0 Å². The van der Waals surface area contributed by atoms with Crippen LogP contribution in [0, 0.1) is 0 Å². The van der Waals surface area contributed by atoms with Crippen molar-refractivity contribution in [3.8, 4) is 0 Å². The molecule has 0 spiro atoms. The molecule has 1 saturated carbocycles. The van der Waals surface area contributed by atoms with E-state index in [0.717, 1.165) is 19.3 Å². The van der Waals surface area contributed by atoms with Crippen LogP contribution in [-0.4, -0.2) is 12.1 Å². The fourth-order valence-corrected chi connectivity index (χ4v) is 1.63. The van der Waals surface area contributed by atoms with Gasteiger partial charge in [-0.05, 0) is 32.1 Å². The molecule has 1 rings (SSSR count). The molecule has 0 aromatic rings. The number of hydrogen-bond acceptors (Lipinski definition) is 2. The van der Waals surface area contributed by atoms with Gasteiger partial charge in [0, 0.05) is 23.5 Å². The molecule has 0 saturated heterocycles. The summed E-state index contributed by atoms with van der Waals surface area (Å²) in [5.74, 6) is -0.00981. The molecule has 0 amide bonds. The Morgan fingerprint density at radius 3 is 2.46 bits per heavy atom. The van der Waals surface area contributed by atoms with Gasteiger partial charge in [0.1, 0.15) is 6.10 Å². The van der Waals surface area contributed by atoms with Gasteiger partial charge in [-0.3, -0.25) is 4.79 Å². The zero-order valence-corrected chi connectivity index (χ0v) is 9.09. The zero-order valence-electron chi connectivity index (χ0n) is 8.15. The molecule has 0 aliphatic heterocycles. The number of hydrogen-bond donors (Lipinski definition) is 0. The molecule has 0 heterocycles. The maximum atomic E-state index is 11.1. The van der Waals surface area contributed by atoms with Crippen LogP contribution >= 0.6 is 0 Å². The second kappa shape index (κ2) is 7.40. The summed E-state index contributed by atoms with van der Waals surface area (Å²) in [6.07, 6.45) is 7.63. The smallest absolute Gasteiger partial charge is 0.306 e. The van der Waals surface area contributed by atoms with E-state index >= 15 is 0 Å². The van der Waals surface area contributed by atoms with E-state index in [9.17, 15) is 4.79 Å². The van der Waals surface area contributed by atoms with Gasteiger partial charge in [-0.2, -0.15) is 0 Å². The molecular weight excluding hydrogens is 216 g/mol. The summed E-state index contributed by atoms with van der Waals surface area (Å²) in [6.45, 7) is 2.00. The predicted molar refractivity (Wildman–Crippen MR) is 47.9 cm³/mol. The van der Waals surface area contributed by atoms with Gasteiger partial charge >= 0.3 is 5.97 Å². The van der Waals surface area contributed by atoms with E-state index in [-0.39, 0.29) is 29.1 Å². The first-order valence-corrected chi connectivity index (χ1v) is 5.02. The Morgan fingerprint density at radius 1 is 1.31 bits per heavy atom. The molecule has 1 fully saturated rings. The molecule has 81 valence electrons. The third-order valence-corrected chi connectivity index (χ3v) is 2.30. The van der Waals surface area contributed by atoms with Gasteiger partial charge in [0.2, 0.25) is 0 Å². The minimum Gasteiger partial charge on any atom is -0.462 e. The van der Waals surface area contributed by atoms with Crippen LogP contribution in [0.4, 0.5) is 0 Å². The average molecular weight is 234 g/mol. The van der Waals surface area contributed by atoms with E-state index in [0.29, 0.717) is 6.42 Å². The molecule has 0 atom stereocenters. The molecule has 1 radical (unpaired) electrons. The van der Waals surface area contributed by atoms with Crippen LogP contribution in [-0.2, 0) is 26.6 Å². The van der Waals surface area contributed by atoms with Crippen molar-refractivity contribution in [1.82, 2.24) is 0 Å². The fourth-order valence-electron chi connectivity index (χ4n) is 1.63. The van der Waals surface area contributed by atoms with Gasteiger partial charge in [-0.25, -0.2) is 0 Å². The van der Waals surface area contributed by atoms with Crippen LogP contribution in [0.1, 0.15) is 51.9 Å². The summed E-state index contributed by atoms with van der Waals surface area (Å²) in [5.41, 5.74) is 0. The van der Waals surface area contributed by atoms with Crippen LogP contribution in [0.25, 0.3) is 0 Å². The Kier molecular flexibility index (Phi) is 7.39. The van der Waals surface area contributed by atoms with Gasteiger partial charge in [0.05, 0.1) is 0 Å². The summed E-state index contributed by atoms with van der Waals surface area (Å²) < 4.78 is 5.29. The zero-order chi connectivity index (χ0) is 8.81. The standard InChI is InChI=1S/C10H18O2.Cu/c1-2-6-10(11)12-9-7-4-3-5-8-9;/h9H,2-8H2,1H3;.